The van der Waals surface area contributed by atoms with E-state index in [0.717, 1.165) is 0 Å². The molecule has 1 aromatic carbocycles. The van der Waals surface area contributed by atoms with Gasteiger partial charge in [0.05, 0.1) is 0 Å². The van der Waals surface area contributed by atoms with Gasteiger partial charge in [0.1, 0.15) is 5.75 Å². The fraction of sp³-hybridized carbons (Fsp3) is 0.125. The minimum Gasteiger partial charge on any atom is -0.508 e. The zero-order valence-electron chi connectivity index (χ0n) is 7.78. The first kappa shape index (κ1) is 16.6. The minimum absolute atomic E-state index is 0.0833. The van der Waals surface area contributed by atoms with E-state index in [0.29, 0.717) is 5.75 Å². The lowest BCUT2D eigenvalue weighted by atomic mass is 10.3. The van der Waals surface area contributed by atoms with Crippen LogP contribution in [0.5, 0.6) is 5.75 Å². The van der Waals surface area contributed by atoms with Gasteiger partial charge in [-0.3, -0.25) is 16.9 Å². The summed E-state index contributed by atoms with van der Waals surface area (Å²) < 4.78 is -0.750. The normalized spacial score (nSPS) is 8.00. The summed E-state index contributed by atoms with van der Waals surface area (Å²) in [6.45, 7) is 0. The molecular weight excluding hydrogens is 260 g/mol. The first-order chi connectivity index (χ1) is 6.86. The van der Waals surface area contributed by atoms with Crippen molar-refractivity contribution in [1.29, 1.82) is 0 Å². The second-order valence-corrected chi connectivity index (χ2v) is 4.06. The number of guanidine groups is 1. The van der Waals surface area contributed by atoms with Gasteiger partial charge in [-0.05, 0) is 12.1 Å². The summed E-state index contributed by atoms with van der Waals surface area (Å²) in [5.74, 6) is 0.238. The topological polar surface area (TPSA) is 97.9 Å². The van der Waals surface area contributed by atoms with Crippen molar-refractivity contribution in [2.24, 2.45) is 11.5 Å². The highest BCUT2D eigenvalue weighted by atomic mass is 35.6. The van der Waals surface area contributed by atoms with Crippen molar-refractivity contribution in [3.8, 4) is 5.75 Å². The molecule has 0 atom stereocenters. The summed E-state index contributed by atoms with van der Waals surface area (Å²) in [5, 5.41) is 13.2. The van der Waals surface area contributed by atoms with Crippen LogP contribution in [0.1, 0.15) is 0 Å². The van der Waals surface area contributed by atoms with Crippen molar-refractivity contribution >= 4 is 40.8 Å². The van der Waals surface area contributed by atoms with Gasteiger partial charge in [-0.15, -0.1) is 0 Å². The van der Waals surface area contributed by atoms with E-state index in [1.54, 1.807) is 24.3 Å². The van der Waals surface area contributed by atoms with Crippen LogP contribution in [0.3, 0.4) is 0 Å². The van der Waals surface area contributed by atoms with Gasteiger partial charge >= 0.3 is 5.96 Å². The van der Waals surface area contributed by atoms with E-state index >= 15 is 0 Å². The zero-order valence-corrected chi connectivity index (χ0v) is 10.0. The summed E-state index contributed by atoms with van der Waals surface area (Å²) in [5.41, 5.74) is 9.17. The number of alkyl halides is 3. The molecule has 0 heterocycles. The third-order valence-corrected chi connectivity index (χ3v) is 0.756. The Balaban J connectivity index is 0. The highest BCUT2D eigenvalue weighted by Gasteiger charge is 1.79. The predicted octanol–water partition coefficient (Wildman–Crippen LogP) is 0.397. The SMILES string of the molecule is ClC(Cl)Cl.NC(N)=[NH2+].Oc1ccccc1. The molecule has 7 heteroatoms. The molecule has 0 saturated heterocycles. The van der Waals surface area contributed by atoms with E-state index < -0.39 is 4.30 Å². The molecule has 0 spiro atoms. The Labute approximate surface area is 103 Å². The lowest BCUT2D eigenvalue weighted by molar-refractivity contribution is -0.116. The van der Waals surface area contributed by atoms with Crippen LogP contribution < -0.4 is 16.9 Å². The number of benzene rings is 1. The maximum atomic E-state index is 8.63. The number of hydrogen-bond acceptors (Lipinski definition) is 1. The van der Waals surface area contributed by atoms with Crippen LogP contribution in [0.4, 0.5) is 0 Å². The van der Waals surface area contributed by atoms with Gasteiger partial charge in [-0.1, -0.05) is 53.0 Å². The monoisotopic (exact) mass is 272 g/mol. The quantitative estimate of drug-likeness (QED) is 0.313. The maximum Gasteiger partial charge on any atom is 0.336 e. The molecule has 15 heavy (non-hydrogen) atoms. The van der Waals surface area contributed by atoms with Crippen LogP contribution in [0, 0.1) is 0 Å². The van der Waals surface area contributed by atoms with Crippen molar-refractivity contribution in [3.63, 3.8) is 0 Å². The largest absolute Gasteiger partial charge is 0.508 e. The van der Waals surface area contributed by atoms with Gasteiger partial charge < -0.3 is 5.11 Å². The first-order valence-electron chi connectivity index (χ1n) is 3.65. The van der Waals surface area contributed by atoms with Gasteiger partial charge in [-0.2, -0.15) is 0 Å². The van der Waals surface area contributed by atoms with E-state index in [9.17, 15) is 0 Å². The van der Waals surface area contributed by atoms with Crippen molar-refractivity contribution in [1.82, 2.24) is 0 Å². The third kappa shape index (κ3) is 32.0. The van der Waals surface area contributed by atoms with Gasteiger partial charge in [0.2, 0.25) is 0 Å². The number of phenolic OH excluding ortho intramolecular Hbond substituents is 1. The zero-order chi connectivity index (χ0) is 12.3. The average molecular weight is 274 g/mol. The lowest BCUT2D eigenvalue weighted by Gasteiger charge is -1.82. The van der Waals surface area contributed by atoms with E-state index in [2.05, 4.69) is 16.9 Å². The highest BCUT2D eigenvalue weighted by Crippen LogP contribution is 2.03. The number of nitrogens with two attached hydrogens (primary N) is 3. The standard InChI is InChI=1S/C6H6O.CHCl3.CH5N3/c7-6-4-2-1-3-5-6;2*2-1(3)4/h1-5,7H;1H;(H5,2,3,4)/p+1. The first-order valence-corrected chi connectivity index (χ1v) is 4.96. The Kier molecular flexibility index (Phi) is 12.4. The summed E-state index contributed by atoms with van der Waals surface area (Å²) in [4.78, 5) is 0. The van der Waals surface area contributed by atoms with E-state index in [1.807, 2.05) is 6.07 Å². The molecule has 0 radical (unpaired) electrons. The molecule has 0 saturated carbocycles. The molecule has 0 aliphatic carbocycles. The summed E-state index contributed by atoms with van der Waals surface area (Å²) in [6, 6.07) is 8.71. The molecule has 7 N–H and O–H groups in total. The summed E-state index contributed by atoms with van der Waals surface area (Å²) in [7, 11) is 0. The highest BCUT2D eigenvalue weighted by molar-refractivity contribution is 6.63. The van der Waals surface area contributed by atoms with Gasteiger partial charge in [0.25, 0.3) is 0 Å². The predicted molar refractivity (Wildman–Crippen MR) is 64.8 cm³/mol. The molecule has 86 valence electrons. The number of rotatable bonds is 0. The Bertz CT molecular complexity index is 250. The number of halogens is 3. The molecular formula is C8H13Cl3N3O+. The summed E-state index contributed by atoms with van der Waals surface area (Å²) in [6.07, 6.45) is 0. The van der Waals surface area contributed by atoms with Gasteiger partial charge in [0.15, 0.2) is 4.30 Å². The molecule has 0 amide bonds. The Morgan fingerprint density at radius 3 is 1.53 bits per heavy atom. The maximum absolute atomic E-state index is 8.63. The van der Waals surface area contributed by atoms with E-state index in [-0.39, 0.29) is 5.96 Å². The molecule has 0 bridgehead atoms. The van der Waals surface area contributed by atoms with Gasteiger partial charge in [-0.25, -0.2) is 0 Å². The molecule has 0 aliphatic heterocycles. The average Bonchev–Trinajstić information content (AvgIpc) is 2.03. The number of aromatic hydroxyl groups is 1. The Morgan fingerprint density at radius 1 is 1.13 bits per heavy atom. The second-order valence-electron chi connectivity index (χ2n) is 2.08. The van der Waals surface area contributed by atoms with Gasteiger partial charge in [0, 0.05) is 0 Å². The van der Waals surface area contributed by atoms with E-state index in [1.165, 1.54) is 0 Å². The van der Waals surface area contributed by atoms with Crippen molar-refractivity contribution in [2.45, 2.75) is 4.30 Å². The van der Waals surface area contributed by atoms with Crippen molar-refractivity contribution < 1.29 is 10.5 Å². The van der Waals surface area contributed by atoms with E-state index in [4.69, 9.17) is 39.9 Å². The molecule has 0 fully saturated rings. The third-order valence-electron chi connectivity index (χ3n) is 0.756. The number of hydrogen-bond donors (Lipinski definition) is 4. The van der Waals surface area contributed by atoms with Crippen LogP contribution in [-0.2, 0) is 0 Å². The van der Waals surface area contributed by atoms with Crippen LogP contribution in [0.15, 0.2) is 30.3 Å². The van der Waals surface area contributed by atoms with Crippen LogP contribution in [0.25, 0.3) is 0 Å². The molecule has 0 unspecified atom stereocenters. The molecule has 0 aliphatic rings. The van der Waals surface area contributed by atoms with Crippen LogP contribution >= 0.6 is 34.8 Å². The number of para-hydroxylation sites is 1. The second kappa shape index (κ2) is 11.2. The molecule has 4 nitrogen and oxygen atoms in total. The van der Waals surface area contributed by atoms with Crippen LogP contribution in [0.2, 0.25) is 0 Å². The summed E-state index contributed by atoms with van der Waals surface area (Å²) >= 11 is 14.4. The smallest absolute Gasteiger partial charge is 0.336 e. The van der Waals surface area contributed by atoms with Crippen molar-refractivity contribution in [2.75, 3.05) is 0 Å². The minimum atomic E-state index is -0.750. The van der Waals surface area contributed by atoms with Crippen molar-refractivity contribution in [3.05, 3.63) is 30.3 Å². The fourth-order valence-corrected chi connectivity index (χ4v) is 0.428. The number of phenols is 1. The molecule has 1 rings (SSSR count). The fourth-order valence-electron chi connectivity index (χ4n) is 0.428. The molecule has 1 aromatic rings. The molecule has 0 aromatic heterocycles. The lowest BCUT2D eigenvalue weighted by Crippen LogP contribution is -2.51. The van der Waals surface area contributed by atoms with Crippen LogP contribution in [-0.4, -0.2) is 15.4 Å². The Morgan fingerprint density at radius 2 is 1.40 bits per heavy atom. The Hall–Kier alpha value is -0.840.